The van der Waals surface area contributed by atoms with Gasteiger partial charge in [-0.05, 0) is 38.5 Å². The predicted molar refractivity (Wildman–Crippen MR) is 271 cm³/mol. The highest BCUT2D eigenvalue weighted by atomic mass is 31.2. The van der Waals surface area contributed by atoms with Gasteiger partial charge in [-0.25, -0.2) is 4.57 Å². The number of hydrogen-bond donors (Lipinski definition) is 2. The molecule has 2 unspecified atom stereocenters. The Labute approximate surface area is 392 Å². The molecule has 3 N–H and O–H groups in total. The summed E-state index contributed by atoms with van der Waals surface area (Å²) in [4.78, 5) is 22.6. The highest BCUT2D eigenvalue weighted by molar-refractivity contribution is 7.47. The molecule has 2 atom stereocenters. The summed E-state index contributed by atoms with van der Waals surface area (Å²) in [7, 11) is -4.28. The third-order valence-electron chi connectivity index (χ3n) is 12.4. The molecule has 0 saturated heterocycles. The predicted octanol–water partition coefficient (Wildman–Crippen LogP) is 17.4. The van der Waals surface area contributed by atoms with E-state index in [4.69, 9.17) is 24.3 Å². The zero-order valence-electron chi connectivity index (χ0n) is 42.1. The number of carbonyl (C=O) groups is 1. The Bertz CT molecular complexity index is 982. The molecule has 0 aliphatic rings. The maximum absolute atomic E-state index is 12.7. The van der Waals surface area contributed by atoms with Crippen molar-refractivity contribution in [1.29, 1.82) is 0 Å². The number of allylic oxidation sites excluding steroid dienone is 2. The fraction of sp³-hybridized carbons (Fsp3) is 0.944. The van der Waals surface area contributed by atoms with E-state index in [9.17, 15) is 14.3 Å². The lowest BCUT2D eigenvalue weighted by Gasteiger charge is -2.20. The van der Waals surface area contributed by atoms with Crippen LogP contribution >= 0.6 is 7.82 Å². The molecule has 0 rings (SSSR count). The molecular formula is C54H108NO7P. The van der Waals surface area contributed by atoms with Crippen LogP contribution in [0.4, 0.5) is 0 Å². The summed E-state index contributed by atoms with van der Waals surface area (Å²) in [6.45, 7) is 5.00. The SMILES string of the molecule is CCCCCCCCCC/C=C\CCCCCCCCCCCCCCOCC(COP(=O)(O)OCCN)OC(=O)CCCCCCCCCCCCCCCCCCCCCC. The van der Waals surface area contributed by atoms with Gasteiger partial charge >= 0.3 is 13.8 Å². The van der Waals surface area contributed by atoms with Gasteiger partial charge in [0.15, 0.2) is 0 Å². The van der Waals surface area contributed by atoms with Crippen molar-refractivity contribution in [1.82, 2.24) is 0 Å². The summed E-state index contributed by atoms with van der Waals surface area (Å²) in [5.41, 5.74) is 5.40. The minimum Gasteiger partial charge on any atom is -0.457 e. The molecule has 0 spiro atoms. The number of esters is 1. The van der Waals surface area contributed by atoms with Crippen molar-refractivity contribution >= 4 is 13.8 Å². The molecule has 0 radical (unpaired) electrons. The molecule has 0 aromatic heterocycles. The van der Waals surface area contributed by atoms with Gasteiger partial charge in [0.2, 0.25) is 0 Å². The first-order valence-corrected chi connectivity index (χ1v) is 29.2. The second-order valence-electron chi connectivity index (χ2n) is 18.8. The minimum atomic E-state index is -4.28. The van der Waals surface area contributed by atoms with Gasteiger partial charge in [-0.15, -0.1) is 0 Å². The molecule has 0 aromatic rings. The fourth-order valence-electron chi connectivity index (χ4n) is 8.35. The summed E-state index contributed by atoms with van der Waals surface area (Å²) in [6, 6.07) is 0. The van der Waals surface area contributed by atoms with E-state index in [0.717, 1.165) is 32.1 Å². The molecule has 0 aromatic carbocycles. The number of carbonyl (C=O) groups excluding carboxylic acids is 1. The van der Waals surface area contributed by atoms with Crippen molar-refractivity contribution in [2.75, 3.05) is 33.0 Å². The molecule has 0 aliphatic carbocycles. The molecule has 0 bridgehead atoms. The minimum absolute atomic E-state index is 0.0914. The zero-order valence-corrected chi connectivity index (χ0v) is 43.0. The third kappa shape index (κ3) is 52.1. The highest BCUT2D eigenvalue weighted by Gasteiger charge is 2.25. The van der Waals surface area contributed by atoms with Crippen LogP contribution < -0.4 is 5.73 Å². The summed E-state index contributed by atoms with van der Waals surface area (Å²) >= 11 is 0. The van der Waals surface area contributed by atoms with Gasteiger partial charge in [0.1, 0.15) is 6.10 Å². The second kappa shape index (κ2) is 52.2. The van der Waals surface area contributed by atoms with E-state index in [-0.39, 0.29) is 32.3 Å². The van der Waals surface area contributed by atoms with Crippen molar-refractivity contribution in [3.8, 4) is 0 Å². The second-order valence-corrected chi connectivity index (χ2v) is 20.3. The van der Waals surface area contributed by atoms with E-state index in [1.807, 2.05) is 0 Å². The van der Waals surface area contributed by atoms with Crippen LogP contribution in [0, 0.1) is 0 Å². The maximum atomic E-state index is 12.7. The van der Waals surface area contributed by atoms with Crippen LogP contribution in [-0.4, -0.2) is 49.9 Å². The Morgan fingerprint density at radius 1 is 0.460 bits per heavy atom. The van der Waals surface area contributed by atoms with Gasteiger partial charge in [0.25, 0.3) is 0 Å². The monoisotopic (exact) mass is 914 g/mol. The number of unbranched alkanes of at least 4 members (excludes halogenated alkanes) is 39. The zero-order chi connectivity index (χ0) is 45.8. The lowest BCUT2D eigenvalue weighted by atomic mass is 10.0. The lowest BCUT2D eigenvalue weighted by molar-refractivity contribution is -0.154. The fourth-order valence-corrected chi connectivity index (χ4v) is 9.11. The molecule has 8 nitrogen and oxygen atoms in total. The van der Waals surface area contributed by atoms with Crippen LogP contribution in [0.1, 0.15) is 290 Å². The van der Waals surface area contributed by atoms with Gasteiger partial charge in [-0.3, -0.25) is 13.8 Å². The Morgan fingerprint density at radius 3 is 1.16 bits per heavy atom. The van der Waals surface area contributed by atoms with Gasteiger partial charge in [0.05, 0.1) is 19.8 Å². The van der Waals surface area contributed by atoms with Gasteiger partial charge in [0, 0.05) is 19.6 Å². The summed E-state index contributed by atoms with van der Waals surface area (Å²) in [6.07, 6.45) is 59.7. The van der Waals surface area contributed by atoms with Crippen molar-refractivity contribution in [3.63, 3.8) is 0 Å². The smallest absolute Gasteiger partial charge is 0.457 e. The first-order valence-electron chi connectivity index (χ1n) is 27.7. The molecule has 0 aliphatic heterocycles. The van der Waals surface area contributed by atoms with Crippen molar-refractivity contribution < 1.29 is 32.8 Å². The van der Waals surface area contributed by atoms with E-state index in [1.165, 1.54) is 238 Å². The number of nitrogens with two attached hydrogens (primary N) is 1. The third-order valence-corrected chi connectivity index (χ3v) is 13.4. The normalized spacial score (nSPS) is 13.3. The van der Waals surface area contributed by atoms with Crippen LogP contribution in [0.15, 0.2) is 12.2 Å². The highest BCUT2D eigenvalue weighted by Crippen LogP contribution is 2.43. The van der Waals surface area contributed by atoms with E-state index in [0.29, 0.717) is 13.0 Å². The molecule has 0 heterocycles. The van der Waals surface area contributed by atoms with E-state index >= 15 is 0 Å². The van der Waals surface area contributed by atoms with Crippen LogP contribution in [-0.2, 0) is 27.9 Å². The molecular weight excluding hydrogens is 806 g/mol. The Balaban J connectivity index is 3.85. The maximum Gasteiger partial charge on any atom is 0.472 e. The van der Waals surface area contributed by atoms with Crippen LogP contribution in [0.3, 0.4) is 0 Å². The molecule has 376 valence electrons. The lowest BCUT2D eigenvalue weighted by Crippen LogP contribution is -2.28. The van der Waals surface area contributed by atoms with E-state index in [1.54, 1.807) is 0 Å². The average molecular weight is 914 g/mol. The van der Waals surface area contributed by atoms with Crippen molar-refractivity contribution in [2.45, 2.75) is 296 Å². The van der Waals surface area contributed by atoms with E-state index in [2.05, 4.69) is 26.0 Å². The number of phosphoric ester groups is 1. The number of ether oxygens (including phenoxy) is 2. The van der Waals surface area contributed by atoms with Gasteiger partial charge in [-0.2, -0.15) is 0 Å². The molecule has 63 heavy (non-hydrogen) atoms. The molecule has 0 amide bonds. The Morgan fingerprint density at radius 2 is 0.794 bits per heavy atom. The topological polar surface area (TPSA) is 117 Å². The van der Waals surface area contributed by atoms with E-state index < -0.39 is 13.9 Å². The van der Waals surface area contributed by atoms with Crippen LogP contribution in [0.5, 0.6) is 0 Å². The number of hydrogen-bond acceptors (Lipinski definition) is 7. The van der Waals surface area contributed by atoms with Gasteiger partial charge < -0.3 is 20.1 Å². The molecule has 0 saturated carbocycles. The number of rotatable bonds is 54. The number of phosphoric acid groups is 1. The largest absolute Gasteiger partial charge is 0.472 e. The Hall–Kier alpha value is -0.760. The Kier molecular flexibility index (Phi) is 51.6. The first kappa shape index (κ1) is 62.2. The molecule has 9 heteroatoms. The summed E-state index contributed by atoms with van der Waals surface area (Å²) < 4.78 is 33.7. The summed E-state index contributed by atoms with van der Waals surface area (Å²) in [5, 5.41) is 0. The van der Waals surface area contributed by atoms with Crippen LogP contribution in [0.2, 0.25) is 0 Å². The standard InChI is InChI=1S/C54H108NO7P/c1-3-5-7-9-11-13-15-17-19-21-23-25-26-27-28-30-32-34-36-38-40-42-44-46-49-59-51-53(52-61-63(57,58)60-50-48-55)62-54(56)47-45-43-41-39-37-35-33-31-29-24-22-20-18-16-14-12-10-8-6-4-2/h21,23,53H,3-20,22,24-52,55H2,1-2H3,(H,57,58)/b23-21-. The quantitative estimate of drug-likeness (QED) is 0.0268. The van der Waals surface area contributed by atoms with Gasteiger partial charge in [-0.1, -0.05) is 257 Å². The van der Waals surface area contributed by atoms with Crippen LogP contribution in [0.25, 0.3) is 0 Å². The molecule has 0 fully saturated rings. The average Bonchev–Trinajstić information content (AvgIpc) is 3.28. The summed E-state index contributed by atoms with van der Waals surface area (Å²) in [5.74, 6) is -0.322. The van der Waals surface area contributed by atoms with Crippen molar-refractivity contribution in [2.24, 2.45) is 5.73 Å². The first-order chi connectivity index (χ1) is 30.9. The van der Waals surface area contributed by atoms with Crippen molar-refractivity contribution in [3.05, 3.63) is 12.2 Å².